The number of aromatic amines is 1. The minimum absolute atomic E-state index is 0.108. The van der Waals surface area contributed by atoms with E-state index < -0.39 is 0 Å². The molecule has 0 saturated heterocycles. The molecule has 3 aromatic carbocycles. The Morgan fingerprint density at radius 1 is 1.00 bits per heavy atom. The van der Waals surface area contributed by atoms with Crippen molar-refractivity contribution in [1.82, 2.24) is 4.98 Å². The van der Waals surface area contributed by atoms with Crippen molar-refractivity contribution in [3.8, 4) is 23.1 Å². The fraction of sp³-hybridized carbons (Fsp3) is 0.185. The lowest BCUT2D eigenvalue weighted by atomic mass is 10.1. The molecule has 0 aliphatic rings. The number of benzene rings is 3. The van der Waals surface area contributed by atoms with Crippen molar-refractivity contribution in [3.63, 3.8) is 0 Å². The molecule has 0 saturated carbocycles. The van der Waals surface area contributed by atoms with E-state index in [1.54, 1.807) is 37.4 Å². The number of hydrogen-bond acceptors (Lipinski definition) is 8. The van der Waals surface area contributed by atoms with Crippen LogP contribution in [0, 0.1) is 13.8 Å². The second kappa shape index (κ2) is 11.1. The van der Waals surface area contributed by atoms with E-state index in [9.17, 15) is 14.7 Å². The lowest BCUT2D eigenvalue weighted by Gasteiger charge is -2.15. The lowest BCUT2D eigenvalue weighted by molar-refractivity contribution is -0.118. The van der Waals surface area contributed by atoms with Crippen molar-refractivity contribution in [3.05, 3.63) is 85.8 Å². The molecule has 0 fully saturated rings. The summed E-state index contributed by atoms with van der Waals surface area (Å²) in [6.07, 6.45) is 0.417. The van der Waals surface area contributed by atoms with Gasteiger partial charge >= 0.3 is 4.87 Å². The van der Waals surface area contributed by atoms with E-state index in [1.807, 2.05) is 38.1 Å². The molecule has 192 valence electrons. The Kier molecular flexibility index (Phi) is 7.69. The van der Waals surface area contributed by atoms with E-state index in [0.717, 1.165) is 33.7 Å². The molecule has 0 aliphatic heterocycles. The number of aromatic hydroxyl groups is 1. The second-order valence-electron chi connectivity index (χ2n) is 8.47. The van der Waals surface area contributed by atoms with Crippen LogP contribution in [-0.4, -0.2) is 29.7 Å². The monoisotopic (exact) mass is 520 g/mol. The van der Waals surface area contributed by atoms with E-state index >= 15 is 0 Å². The molecule has 0 aliphatic carbocycles. The number of amides is 1. The SMILES string of the molecule is CNc1cc(Oc2cc(C)c(N)c(C)c2)ccc1NC(=O)COc1ccc(Cc2sc(=O)[nH]c2O)cc1. The first-order valence-electron chi connectivity index (χ1n) is 11.5. The Bertz CT molecular complexity index is 1450. The Balaban J connectivity index is 1.34. The van der Waals surface area contributed by atoms with Crippen molar-refractivity contribution < 1.29 is 19.4 Å². The molecule has 4 aromatic rings. The van der Waals surface area contributed by atoms with E-state index in [-0.39, 0.29) is 23.3 Å². The predicted octanol–water partition coefficient (Wildman–Crippen LogP) is 4.78. The molecule has 0 radical (unpaired) electrons. The fourth-order valence-corrected chi connectivity index (χ4v) is 4.49. The van der Waals surface area contributed by atoms with Gasteiger partial charge in [0, 0.05) is 25.2 Å². The molecule has 9 nitrogen and oxygen atoms in total. The first kappa shape index (κ1) is 25.6. The molecule has 4 rings (SSSR count). The van der Waals surface area contributed by atoms with Crippen LogP contribution in [0.3, 0.4) is 0 Å². The summed E-state index contributed by atoms with van der Waals surface area (Å²) >= 11 is 0.971. The van der Waals surface area contributed by atoms with Gasteiger partial charge in [-0.05, 0) is 66.9 Å². The van der Waals surface area contributed by atoms with Gasteiger partial charge in [0.2, 0.25) is 5.88 Å². The minimum Gasteiger partial charge on any atom is -0.494 e. The highest BCUT2D eigenvalue weighted by Crippen LogP contribution is 2.32. The molecule has 0 bridgehead atoms. The maximum atomic E-state index is 12.5. The average molecular weight is 521 g/mol. The van der Waals surface area contributed by atoms with Crippen LogP contribution in [0.1, 0.15) is 21.6 Å². The van der Waals surface area contributed by atoms with Crippen LogP contribution < -0.4 is 30.7 Å². The number of thiazole rings is 1. The van der Waals surface area contributed by atoms with Crippen LogP contribution in [0.4, 0.5) is 17.1 Å². The van der Waals surface area contributed by atoms with Gasteiger partial charge < -0.3 is 30.9 Å². The zero-order valence-electron chi connectivity index (χ0n) is 20.7. The molecule has 0 spiro atoms. The lowest BCUT2D eigenvalue weighted by Crippen LogP contribution is -2.20. The standard InChI is InChI=1S/C27H28N4O5S/c1-15-10-20(11-16(2)25(15)28)36-19-8-9-21(22(13-19)29-3)30-24(32)14-35-18-6-4-17(5-7-18)12-23-26(33)31-27(34)37-23/h4-11,13,29,33H,12,14,28H2,1-3H3,(H,30,32)(H,31,34). The first-order valence-corrected chi connectivity index (χ1v) is 12.3. The molecule has 1 heterocycles. The number of anilines is 3. The van der Waals surface area contributed by atoms with Gasteiger partial charge in [0.25, 0.3) is 5.91 Å². The molecular formula is C27H28N4O5S. The molecule has 6 N–H and O–H groups in total. The van der Waals surface area contributed by atoms with Gasteiger partial charge in [-0.25, -0.2) is 0 Å². The quantitative estimate of drug-likeness (QED) is 0.200. The summed E-state index contributed by atoms with van der Waals surface area (Å²) < 4.78 is 11.6. The van der Waals surface area contributed by atoms with Crippen LogP contribution in [0.25, 0.3) is 0 Å². The molecule has 1 amide bonds. The number of nitrogens with one attached hydrogen (secondary N) is 3. The van der Waals surface area contributed by atoms with E-state index in [0.29, 0.717) is 39.9 Å². The number of aromatic nitrogens is 1. The average Bonchev–Trinajstić information content (AvgIpc) is 3.19. The van der Waals surface area contributed by atoms with E-state index in [2.05, 4.69) is 15.6 Å². The summed E-state index contributed by atoms with van der Waals surface area (Å²) in [4.78, 5) is 26.5. The van der Waals surface area contributed by atoms with Gasteiger partial charge in [-0.2, -0.15) is 0 Å². The summed E-state index contributed by atoms with van der Waals surface area (Å²) in [6, 6.07) is 16.2. The predicted molar refractivity (Wildman–Crippen MR) is 146 cm³/mol. The maximum Gasteiger partial charge on any atom is 0.307 e. The van der Waals surface area contributed by atoms with Gasteiger partial charge in [0.1, 0.15) is 17.2 Å². The summed E-state index contributed by atoms with van der Waals surface area (Å²) in [5, 5.41) is 15.6. The largest absolute Gasteiger partial charge is 0.494 e. The Hall–Kier alpha value is -4.44. The Labute approximate surface area is 217 Å². The van der Waals surface area contributed by atoms with Gasteiger partial charge in [0.15, 0.2) is 6.61 Å². The highest BCUT2D eigenvalue weighted by atomic mass is 32.1. The van der Waals surface area contributed by atoms with Crippen molar-refractivity contribution in [2.75, 3.05) is 30.0 Å². The third kappa shape index (κ3) is 6.42. The number of carbonyl (C=O) groups excluding carboxylic acids is 1. The van der Waals surface area contributed by atoms with Crippen molar-refractivity contribution in [2.45, 2.75) is 20.3 Å². The minimum atomic E-state index is -0.318. The van der Waals surface area contributed by atoms with Crippen LogP contribution in [0.15, 0.2) is 59.4 Å². The number of nitrogen functional groups attached to an aromatic ring is 1. The van der Waals surface area contributed by atoms with E-state index in [4.69, 9.17) is 15.2 Å². The fourth-order valence-electron chi connectivity index (χ4n) is 3.73. The maximum absolute atomic E-state index is 12.5. The van der Waals surface area contributed by atoms with Gasteiger partial charge in [0.05, 0.1) is 16.3 Å². The first-order chi connectivity index (χ1) is 17.7. The number of nitrogens with two attached hydrogens (primary N) is 1. The van der Waals surface area contributed by atoms with Crippen molar-refractivity contribution >= 4 is 34.3 Å². The van der Waals surface area contributed by atoms with E-state index in [1.165, 1.54) is 0 Å². The van der Waals surface area contributed by atoms with Gasteiger partial charge in [-0.1, -0.05) is 23.5 Å². The third-order valence-electron chi connectivity index (χ3n) is 5.70. The summed E-state index contributed by atoms with van der Waals surface area (Å²) in [6.45, 7) is 3.69. The molecule has 37 heavy (non-hydrogen) atoms. The van der Waals surface area contributed by atoms with Crippen LogP contribution in [0.2, 0.25) is 0 Å². The van der Waals surface area contributed by atoms with Crippen LogP contribution >= 0.6 is 11.3 Å². The number of rotatable bonds is 9. The number of carbonyl (C=O) groups is 1. The van der Waals surface area contributed by atoms with Gasteiger partial charge in [-0.15, -0.1) is 0 Å². The topological polar surface area (TPSA) is 139 Å². The summed E-state index contributed by atoms with van der Waals surface area (Å²) in [7, 11) is 1.76. The highest BCUT2D eigenvalue weighted by Gasteiger charge is 2.11. The number of hydrogen-bond donors (Lipinski definition) is 5. The molecule has 10 heteroatoms. The Morgan fingerprint density at radius 2 is 1.68 bits per heavy atom. The number of aryl methyl sites for hydroxylation is 2. The highest BCUT2D eigenvalue weighted by molar-refractivity contribution is 7.09. The molecular weight excluding hydrogens is 492 g/mol. The van der Waals surface area contributed by atoms with Crippen LogP contribution in [-0.2, 0) is 11.2 Å². The molecule has 0 atom stereocenters. The second-order valence-corrected chi connectivity index (χ2v) is 9.54. The number of ether oxygens (including phenoxy) is 2. The molecule has 1 aromatic heterocycles. The Morgan fingerprint density at radius 3 is 2.30 bits per heavy atom. The third-order valence-corrected chi connectivity index (χ3v) is 6.57. The summed E-state index contributed by atoms with van der Waals surface area (Å²) in [5.41, 5.74) is 10.8. The normalized spacial score (nSPS) is 10.7. The summed E-state index contributed by atoms with van der Waals surface area (Å²) in [5.74, 6) is 1.40. The molecule has 0 unspecified atom stereocenters. The zero-order chi connectivity index (χ0) is 26.5. The van der Waals surface area contributed by atoms with Crippen molar-refractivity contribution in [2.24, 2.45) is 0 Å². The van der Waals surface area contributed by atoms with Crippen LogP contribution in [0.5, 0.6) is 23.1 Å². The van der Waals surface area contributed by atoms with Gasteiger partial charge in [-0.3, -0.25) is 14.6 Å². The smallest absolute Gasteiger partial charge is 0.307 e. The number of H-pyrrole nitrogens is 1. The zero-order valence-corrected chi connectivity index (χ0v) is 21.5. The van der Waals surface area contributed by atoms with Crippen molar-refractivity contribution in [1.29, 1.82) is 0 Å².